The molecule has 0 aromatic carbocycles. The molecular weight excluding hydrogens is 300 g/mol. The third-order valence-electron chi connectivity index (χ3n) is 4.59. The van der Waals surface area contributed by atoms with Crippen molar-refractivity contribution in [3.8, 4) is 0 Å². The van der Waals surface area contributed by atoms with Gasteiger partial charge in [-0.15, -0.1) is 0 Å². The van der Waals surface area contributed by atoms with Crippen LogP contribution >= 0.6 is 0 Å². The molecule has 0 amide bonds. The molecule has 2 aliphatic rings. The van der Waals surface area contributed by atoms with E-state index in [0.717, 1.165) is 24.8 Å². The first-order valence-corrected chi connectivity index (χ1v) is 9.60. The molecule has 0 bridgehead atoms. The van der Waals surface area contributed by atoms with Crippen LogP contribution in [-0.4, -0.2) is 54.1 Å². The van der Waals surface area contributed by atoms with Crippen molar-refractivity contribution in [1.82, 2.24) is 14.3 Å². The molecule has 0 aliphatic carbocycles. The van der Waals surface area contributed by atoms with E-state index in [0.29, 0.717) is 45.0 Å². The maximum Gasteiger partial charge on any atom is 0.225 e. The summed E-state index contributed by atoms with van der Waals surface area (Å²) >= 11 is 0. The minimum atomic E-state index is -3.13. The Morgan fingerprint density at radius 1 is 1.00 bits per heavy atom. The Balaban J connectivity index is 1.62. The van der Waals surface area contributed by atoms with Gasteiger partial charge in [0.2, 0.25) is 16.0 Å². The smallest absolute Gasteiger partial charge is 0.225 e. The van der Waals surface area contributed by atoms with Crippen LogP contribution in [0, 0.1) is 6.92 Å². The van der Waals surface area contributed by atoms with Crippen molar-refractivity contribution >= 4 is 16.0 Å². The average molecular weight is 324 g/mol. The largest absolute Gasteiger partial charge is 0.341 e. The Morgan fingerprint density at radius 2 is 1.59 bits per heavy atom. The Morgan fingerprint density at radius 3 is 2.18 bits per heavy atom. The molecule has 0 spiro atoms. The summed E-state index contributed by atoms with van der Waals surface area (Å²) < 4.78 is 27.1. The van der Waals surface area contributed by atoms with Crippen LogP contribution in [0.4, 0.5) is 5.95 Å². The molecule has 2 fully saturated rings. The lowest BCUT2D eigenvalue weighted by atomic mass is 10.1. The van der Waals surface area contributed by atoms with Crippen molar-refractivity contribution in [1.29, 1.82) is 0 Å². The van der Waals surface area contributed by atoms with Crippen molar-refractivity contribution < 1.29 is 8.42 Å². The van der Waals surface area contributed by atoms with Gasteiger partial charge in [0, 0.05) is 38.6 Å². The fourth-order valence-corrected chi connectivity index (χ4v) is 5.23. The van der Waals surface area contributed by atoms with E-state index < -0.39 is 10.0 Å². The number of aryl methyl sites for hydroxylation is 1. The van der Waals surface area contributed by atoms with Crippen molar-refractivity contribution in [2.75, 3.05) is 31.1 Å². The van der Waals surface area contributed by atoms with Crippen molar-refractivity contribution in [2.45, 2.75) is 44.3 Å². The molecule has 3 rings (SSSR count). The summed E-state index contributed by atoms with van der Waals surface area (Å²) in [6.45, 7) is 4.77. The van der Waals surface area contributed by atoms with E-state index in [2.05, 4.69) is 14.9 Å². The number of nitrogens with zero attached hydrogens (tertiary/aromatic N) is 4. The Bertz CT molecular complexity index is 588. The molecule has 2 saturated heterocycles. The second kappa shape index (κ2) is 6.50. The topological polar surface area (TPSA) is 66.4 Å². The number of hydrogen-bond donors (Lipinski definition) is 0. The van der Waals surface area contributed by atoms with Gasteiger partial charge in [0.15, 0.2) is 0 Å². The van der Waals surface area contributed by atoms with E-state index in [9.17, 15) is 8.42 Å². The summed E-state index contributed by atoms with van der Waals surface area (Å²) in [6, 6.07) is 0. The van der Waals surface area contributed by atoms with Crippen LogP contribution in [0.15, 0.2) is 12.4 Å². The quantitative estimate of drug-likeness (QED) is 0.844. The third-order valence-corrected chi connectivity index (χ3v) is 6.99. The van der Waals surface area contributed by atoms with Gasteiger partial charge in [-0.2, -0.15) is 0 Å². The van der Waals surface area contributed by atoms with Gasteiger partial charge in [0.1, 0.15) is 0 Å². The van der Waals surface area contributed by atoms with Crippen LogP contribution in [0.25, 0.3) is 0 Å². The summed E-state index contributed by atoms with van der Waals surface area (Å²) in [5.41, 5.74) is 1.03. The molecule has 22 heavy (non-hydrogen) atoms. The fraction of sp³-hybridized carbons (Fsp3) is 0.733. The van der Waals surface area contributed by atoms with Gasteiger partial charge in [0.05, 0.1) is 5.25 Å². The number of anilines is 1. The van der Waals surface area contributed by atoms with E-state index in [1.807, 2.05) is 6.92 Å². The third kappa shape index (κ3) is 3.25. The van der Waals surface area contributed by atoms with Gasteiger partial charge in [-0.1, -0.05) is 6.42 Å². The highest BCUT2D eigenvalue weighted by molar-refractivity contribution is 7.89. The molecule has 3 heterocycles. The SMILES string of the molecule is Cc1cnc(N2CCC(S(=O)(=O)N3CCCCC3)CC2)nc1. The minimum absolute atomic E-state index is 0.243. The molecular formula is C15H24N4O2S. The summed E-state index contributed by atoms with van der Waals surface area (Å²) in [6.07, 6.45) is 8.07. The molecule has 1 aromatic heterocycles. The van der Waals surface area contributed by atoms with Crippen molar-refractivity contribution in [2.24, 2.45) is 0 Å². The molecule has 122 valence electrons. The van der Waals surface area contributed by atoms with E-state index in [1.165, 1.54) is 0 Å². The van der Waals surface area contributed by atoms with Gasteiger partial charge in [-0.05, 0) is 38.2 Å². The zero-order valence-corrected chi connectivity index (χ0v) is 13.9. The van der Waals surface area contributed by atoms with Gasteiger partial charge in [-0.25, -0.2) is 22.7 Å². The Labute approximate surface area is 132 Å². The lowest BCUT2D eigenvalue weighted by molar-refractivity contribution is 0.338. The first-order chi connectivity index (χ1) is 10.6. The monoisotopic (exact) mass is 324 g/mol. The van der Waals surface area contributed by atoms with Gasteiger partial charge in [0.25, 0.3) is 0 Å². The van der Waals surface area contributed by atoms with Crippen LogP contribution in [-0.2, 0) is 10.0 Å². The molecule has 6 nitrogen and oxygen atoms in total. The number of sulfonamides is 1. The molecule has 0 radical (unpaired) electrons. The maximum atomic E-state index is 12.7. The number of rotatable bonds is 3. The zero-order valence-electron chi connectivity index (χ0n) is 13.1. The van der Waals surface area contributed by atoms with E-state index in [1.54, 1.807) is 16.7 Å². The van der Waals surface area contributed by atoms with E-state index in [-0.39, 0.29) is 5.25 Å². The highest BCUT2D eigenvalue weighted by Crippen LogP contribution is 2.25. The van der Waals surface area contributed by atoms with Crippen LogP contribution in [0.1, 0.15) is 37.7 Å². The standard InChI is InChI=1S/C15H24N4O2S/c1-13-11-16-15(17-12-13)18-9-5-14(6-10-18)22(20,21)19-7-3-2-4-8-19/h11-12,14H,2-10H2,1H3. The molecule has 2 aliphatic heterocycles. The van der Waals surface area contributed by atoms with Gasteiger partial charge >= 0.3 is 0 Å². The number of piperidine rings is 2. The van der Waals surface area contributed by atoms with Gasteiger partial charge < -0.3 is 4.90 Å². The second-order valence-corrected chi connectivity index (χ2v) is 8.46. The molecule has 0 atom stereocenters. The normalized spacial score (nSPS) is 22.0. The highest BCUT2D eigenvalue weighted by atomic mass is 32.2. The second-order valence-electron chi connectivity index (χ2n) is 6.25. The summed E-state index contributed by atoms with van der Waals surface area (Å²) in [7, 11) is -3.13. The molecule has 1 aromatic rings. The lowest BCUT2D eigenvalue weighted by Crippen LogP contribution is -2.47. The van der Waals surface area contributed by atoms with Crippen LogP contribution < -0.4 is 4.90 Å². The predicted octanol–water partition coefficient (Wildman–Crippen LogP) is 1.57. The predicted molar refractivity (Wildman–Crippen MR) is 86.3 cm³/mol. The van der Waals surface area contributed by atoms with Crippen molar-refractivity contribution in [3.05, 3.63) is 18.0 Å². The minimum Gasteiger partial charge on any atom is -0.341 e. The lowest BCUT2D eigenvalue weighted by Gasteiger charge is -2.35. The number of hydrogen-bond acceptors (Lipinski definition) is 5. The van der Waals surface area contributed by atoms with Gasteiger partial charge in [-0.3, -0.25) is 0 Å². The summed E-state index contributed by atoms with van der Waals surface area (Å²) in [5.74, 6) is 0.708. The highest BCUT2D eigenvalue weighted by Gasteiger charge is 2.35. The Kier molecular flexibility index (Phi) is 4.63. The fourth-order valence-electron chi connectivity index (χ4n) is 3.23. The molecule has 0 N–H and O–H groups in total. The zero-order chi connectivity index (χ0) is 15.6. The first kappa shape index (κ1) is 15.7. The summed E-state index contributed by atoms with van der Waals surface area (Å²) in [4.78, 5) is 10.8. The van der Waals surface area contributed by atoms with E-state index >= 15 is 0 Å². The van der Waals surface area contributed by atoms with E-state index in [4.69, 9.17) is 0 Å². The van der Waals surface area contributed by atoms with Crippen LogP contribution in [0.3, 0.4) is 0 Å². The average Bonchev–Trinajstić information content (AvgIpc) is 2.56. The first-order valence-electron chi connectivity index (χ1n) is 8.10. The van der Waals surface area contributed by atoms with Crippen LogP contribution in [0.5, 0.6) is 0 Å². The number of aromatic nitrogens is 2. The molecule has 0 saturated carbocycles. The molecule has 0 unspecified atom stereocenters. The Hall–Kier alpha value is -1.21. The maximum absolute atomic E-state index is 12.7. The van der Waals surface area contributed by atoms with Crippen LogP contribution in [0.2, 0.25) is 0 Å². The molecule has 7 heteroatoms. The van der Waals surface area contributed by atoms with Crippen molar-refractivity contribution in [3.63, 3.8) is 0 Å². The summed E-state index contributed by atoms with van der Waals surface area (Å²) in [5, 5.41) is -0.243.